The van der Waals surface area contributed by atoms with Gasteiger partial charge in [-0.2, -0.15) is 0 Å². The average molecular weight is 252 g/mol. The van der Waals surface area contributed by atoms with Crippen molar-refractivity contribution >= 4 is 6.29 Å². The van der Waals surface area contributed by atoms with Crippen LogP contribution in [0.3, 0.4) is 0 Å². The number of ether oxygens (including phenoxy) is 3. The van der Waals surface area contributed by atoms with Crippen molar-refractivity contribution in [3.63, 3.8) is 0 Å². The minimum absolute atomic E-state index is 0.101. The Morgan fingerprint density at radius 3 is 2.39 bits per heavy atom. The van der Waals surface area contributed by atoms with Crippen LogP contribution >= 0.6 is 0 Å². The van der Waals surface area contributed by atoms with Gasteiger partial charge in [0.2, 0.25) is 0 Å². The van der Waals surface area contributed by atoms with Crippen molar-refractivity contribution in [1.82, 2.24) is 0 Å². The maximum Gasteiger partial charge on any atom is 0.161 e. The Kier molecular flexibility index (Phi) is 5.65. The highest BCUT2D eigenvalue weighted by atomic mass is 16.5. The second-order valence-corrected chi connectivity index (χ2v) is 4.20. The molecule has 4 heteroatoms. The zero-order valence-electron chi connectivity index (χ0n) is 11.3. The van der Waals surface area contributed by atoms with E-state index in [9.17, 15) is 4.79 Å². The minimum Gasteiger partial charge on any atom is -0.493 e. The van der Waals surface area contributed by atoms with Crippen molar-refractivity contribution in [3.8, 4) is 11.5 Å². The van der Waals surface area contributed by atoms with Crippen LogP contribution < -0.4 is 9.47 Å². The molecule has 0 aliphatic heterocycles. The first-order chi connectivity index (χ1) is 8.62. The lowest BCUT2D eigenvalue weighted by molar-refractivity contribution is -0.115. The summed E-state index contributed by atoms with van der Waals surface area (Å²) < 4.78 is 16.0. The molecule has 0 amide bonds. The normalized spacial score (nSPS) is 13.8. The fourth-order valence-electron chi connectivity index (χ4n) is 1.46. The molecule has 0 N–H and O–H groups in total. The highest BCUT2D eigenvalue weighted by Gasteiger charge is 2.12. The predicted octanol–water partition coefficient (Wildman–Crippen LogP) is 2.44. The third kappa shape index (κ3) is 3.74. The van der Waals surface area contributed by atoms with E-state index in [4.69, 9.17) is 14.2 Å². The summed E-state index contributed by atoms with van der Waals surface area (Å²) in [5.41, 5.74) is 0.984. The third-order valence-corrected chi connectivity index (χ3v) is 2.92. The monoisotopic (exact) mass is 252 g/mol. The number of carbonyl (C=O) groups is 1. The van der Waals surface area contributed by atoms with E-state index >= 15 is 0 Å². The summed E-state index contributed by atoms with van der Waals surface area (Å²) >= 11 is 0. The molecule has 1 aromatic carbocycles. The van der Waals surface area contributed by atoms with Crippen molar-refractivity contribution in [2.45, 2.75) is 26.6 Å². The van der Waals surface area contributed by atoms with Crippen LogP contribution in [0.5, 0.6) is 11.5 Å². The molecule has 18 heavy (non-hydrogen) atoms. The highest BCUT2D eigenvalue weighted by Crippen LogP contribution is 2.28. The average Bonchev–Trinajstić information content (AvgIpc) is 2.43. The molecule has 0 unspecified atom stereocenters. The number of hydrogen-bond acceptors (Lipinski definition) is 4. The molecule has 0 heterocycles. The Balaban J connectivity index is 2.65. The summed E-state index contributed by atoms with van der Waals surface area (Å²) in [4.78, 5) is 10.6. The van der Waals surface area contributed by atoms with Gasteiger partial charge in [0.05, 0.1) is 26.9 Å². The summed E-state index contributed by atoms with van der Waals surface area (Å²) in [5, 5.41) is 0. The van der Waals surface area contributed by atoms with E-state index in [1.54, 1.807) is 14.2 Å². The number of methoxy groups -OCH3 is 2. The molecule has 0 fully saturated rings. The van der Waals surface area contributed by atoms with Crippen molar-refractivity contribution in [2.24, 2.45) is 5.92 Å². The van der Waals surface area contributed by atoms with E-state index in [-0.39, 0.29) is 12.0 Å². The first kappa shape index (κ1) is 14.5. The topological polar surface area (TPSA) is 44.8 Å². The fourth-order valence-corrected chi connectivity index (χ4v) is 1.46. The van der Waals surface area contributed by atoms with E-state index in [0.29, 0.717) is 18.1 Å². The maximum absolute atomic E-state index is 10.6. The molecular weight excluding hydrogens is 232 g/mol. The second-order valence-electron chi connectivity index (χ2n) is 4.20. The Morgan fingerprint density at radius 1 is 1.17 bits per heavy atom. The van der Waals surface area contributed by atoms with E-state index in [0.717, 1.165) is 11.8 Å². The summed E-state index contributed by atoms with van der Waals surface area (Å²) in [6, 6.07) is 5.63. The Morgan fingerprint density at radius 2 is 1.83 bits per heavy atom. The molecule has 1 aromatic rings. The molecule has 0 aliphatic rings. The summed E-state index contributed by atoms with van der Waals surface area (Å²) in [6.07, 6.45) is 0.801. The van der Waals surface area contributed by atoms with Crippen LogP contribution in [-0.2, 0) is 16.1 Å². The molecule has 0 radical (unpaired) electrons. The number of aldehydes is 1. The standard InChI is InChI=1S/C14H20O4/c1-10(8-15)11(2)18-9-12-5-6-13(16-3)14(7-12)17-4/h5-8,10-11H,9H2,1-4H3/t10-,11+/m0/s1. The van der Waals surface area contributed by atoms with Gasteiger partial charge >= 0.3 is 0 Å². The zero-order valence-corrected chi connectivity index (χ0v) is 11.3. The van der Waals surface area contributed by atoms with Gasteiger partial charge in [-0.15, -0.1) is 0 Å². The van der Waals surface area contributed by atoms with Gasteiger partial charge in [-0.05, 0) is 24.6 Å². The first-order valence-corrected chi connectivity index (χ1v) is 5.90. The van der Waals surface area contributed by atoms with E-state index in [2.05, 4.69) is 0 Å². The summed E-state index contributed by atoms with van der Waals surface area (Å²) in [5.74, 6) is 1.26. The van der Waals surface area contributed by atoms with Crippen LogP contribution in [0, 0.1) is 5.92 Å². The van der Waals surface area contributed by atoms with E-state index < -0.39 is 0 Å². The van der Waals surface area contributed by atoms with Gasteiger partial charge in [0, 0.05) is 5.92 Å². The van der Waals surface area contributed by atoms with Crippen LogP contribution in [0.15, 0.2) is 18.2 Å². The molecule has 0 bridgehead atoms. The number of benzene rings is 1. The van der Waals surface area contributed by atoms with Crippen molar-refractivity contribution in [2.75, 3.05) is 14.2 Å². The minimum atomic E-state index is -0.106. The van der Waals surface area contributed by atoms with E-state index in [1.807, 2.05) is 32.0 Å². The van der Waals surface area contributed by atoms with Gasteiger partial charge in [0.1, 0.15) is 6.29 Å². The van der Waals surface area contributed by atoms with Crippen LogP contribution in [0.25, 0.3) is 0 Å². The molecular formula is C14H20O4. The number of rotatable bonds is 7. The number of carbonyl (C=O) groups excluding carboxylic acids is 1. The molecule has 0 saturated heterocycles. The molecule has 0 aliphatic carbocycles. The molecule has 0 aromatic heterocycles. The molecule has 2 atom stereocenters. The first-order valence-electron chi connectivity index (χ1n) is 5.90. The van der Waals surface area contributed by atoms with Gasteiger partial charge in [-0.3, -0.25) is 0 Å². The summed E-state index contributed by atoms with van der Waals surface area (Å²) in [7, 11) is 3.20. The van der Waals surface area contributed by atoms with Crippen molar-refractivity contribution in [1.29, 1.82) is 0 Å². The van der Waals surface area contributed by atoms with Crippen LogP contribution in [0.4, 0.5) is 0 Å². The SMILES string of the molecule is COc1ccc(CO[C@H](C)[C@@H](C)C=O)cc1OC. The molecule has 4 nitrogen and oxygen atoms in total. The quantitative estimate of drug-likeness (QED) is 0.699. The predicted molar refractivity (Wildman–Crippen MR) is 69.0 cm³/mol. The maximum atomic E-state index is 10.6. The lowest BCUT2D eigenvalue weighted by Gasteiger charge is -2.16. The summed E-state index contributed by atoms with van der Waals surface area (Å²) in [6.45, 7) is 4.17. The van der Waals surface area contributed by atoms with Gasteiger partial charge in [-0.25, -0.2) is 0 Å². The number of hydrogen-bond donors (Lipinski definition) is 0. The highest BCUT2D eigenvalue weighted by molar-refractivity contribution is 5.53. The molecule has 0 spiro atoms. The van der Waals surface area contributed by atoms with Gasteiger partial charge < -0.3 is 19.0 Å². The van der Waals surface area contributed by atoms with Crippen molar-refractivity contribution < 1.29 is 19.0 Å². The van der Waals surface area contributed by atoms with E-state index in [1.165, 1.54) is 0 Å². The molecule has 100 valence electrons. The molecule has 0 saturated carbocycles. The Bertz CT molecular complexity index is 389. The smallest absolute Gasteiger partial charge is 0.161 e. The largest absolute Gasteiger partial charge is 0.493 e. The lowest BCUT2D eigenvalue weighted by Crippen LogP contribution is -2.18. The van der Waals surface area contributed by atoms with Gasteiger partial charge in [0.15, 0.2) is 11.5 Å². The van der Waals surface area contributed by atoms with Crippen LogP contribution in [-0.4, -0.2) is 26.6 Å². The van der Waals surface area contributed by atoms with Gasteiger partial charge in [0.25, 0.3) is 0 Å². The zero-order chi connectivity index (χ0) is 13.5. The lowest BCUT2D eigenvalue weighted by atomic mass is 10.1. The van der Waals surface area contributed by atoms with Gasteiger partial charge in [-0.1, -0.05) is 13.0 Å². The third-order valence-electron chi connectivity index (χ3n) is 2.92. The van der Waals surface area contributed by atoms with Crippen LogP contribution in [0.1, 0.15) is 19.4 Å². The Hall–Kier alpha value is -1.55. The second kappa shape index (κ2) is 7.01. The Labute approximate surface area is 108 Å². The molecule has 1 rings (SSSR count). The van der Waals surface area contributed by atoms with Crippen molar-refractivity contribution in [3.05, 3.63) is 23.8 Å². The fraction of sp³-hybridized carbons (Fsp3) is 0.500. The van der Waals surface area contributed by atoms with Crippen LogP contribution in [0.2, 0.25) is 0 Å².